The molecule has 0 aromatic carbocycles. The molecular formula is C9H12ClNO3. The van der Waals surface area contributed by atoms with Crippen LogP contribution in [0.4, 0.5) is 0 Å². The van der Waals surface area contributed by atoms with E-state index >= 15 is 0 Å². The number of halogens is 1. The minimum Gasteiger partial charge on any atom is -0.462 e. The summed E-state index contributed by atoms with van der Waals surface area (Å²) in [7, 11) is 0. The molecule has 0 unspecified atom stereocenters. The number of rotatable bonds is 4. The first kappa shape index (κ1) is 11.0. The number of carbonyl (C=O) groups excluding carboxylic acids is 2. The Hall–Kier alpha value is -1.03. The van der Waals surface area contributed by atoms with Crippen molar-refractivity contribution in [3.63, 3.8) is 0 Å². The van der Waals surface area contributed by atoms with Gasteiger partial charge in [0.05, 0.1) is 6.61 Å². The minimum atomic E-state index is -0.620. The zero-order valence-electron chi connectivity index (χ0n) is 7.88. The fourth-order valence-corrected chi connectivity index (χ4v) is 0.966. The van der Waals surface area contributed by atoms with Gasteiger partial charge in [0.25, 0.3) is 0 Å². The Bertz CT molecular complexity index is 271. The van der Waals surface area contributed by atoms with E-state index in [0.717, 1.165) is 12.8 Å². The van der Waals surface area contributed by atoms with Crippen molar-refractivity contribution in [3.8, 4) is 0 Å². The molecule has 78 valence electrons. The average Bonchev–Trinajstić information content (AvgIpc) is 2.97. The van der Waals surface area contributed by atoms with E-state index < -0.39 is 5.97 Å². The second kappa shape index (κ2) is 5.00. The number of amides is 1. The van der Waals surface area contributed by atoms with E-state index in [1.807, 2.05) is 0 Å². The molecule has 1 rings (SSSR count). The van der Waals surface area contributed by atoms with Crippen molar-refractivity contribution in [3.05, 3.63) is 11.2 Å². The zero-order chi connectivity index (χ0) is 10.6. The summed E-state index contributed by atoms with van der Waals surface area (Å²) in [6, 6.07) is 0. The molecular weight excluding hydrogens is 206 g/mol. The number of hydrogen-bond donors (Lipinski definition) is 1. The maximum atomic E-state index is 11.1. The van der Waals surface area contributed by atoms with Gasteiger partial charge >= 0.3 is 5.97 Å². The van der Waals surface area contributed by atoms with E-state index in [4.69, 9.17) is 11.6 Å². The number of ether oxygens (including phenoxy) is 1. The molecule has 4 nitrogen and oxygen atoms in total. The summed E-state index contributed by atoms with van der Waals surface area (Å²) in [6.45, 7) is 1.95. The third-order valence-corrected chi connectivity index (χ3v) is 2.02. The van der Waals surface area contributed by atoms with Gasteiger partial charge in [0.1, 0.15) is 5.03 Å². The van der Waals surface area contributed by atoms with Crippen LogP contribution in [0.25, 0.3) is 0 Å². The van der Waals surface area contributed by atoms with Crippen molar-refractivity contribution < 1.29 is 14.3 Å². The lowest BCUT2D eigenvalue weighted by Gasteiger charge is -2.00. The third kappa shape index (κ3) is 3.38. The molecule has 1 amide bonds. The van der Waals surface area contributed by atoms with Crippen LogP contribution in [0.5, 0.6) is 0 Å². The molecule has 5 heteroatoms. The van der Waals surface area contributed by atoms with Gasteiger partial charge in [-0.2, -0.15) is 0 Å². The lowest BCUT2D eigenvalue weighted by atomic mass is 10.4. The van der Waals surface area contributed by atoms with E-state index in [1.165, 1.54) is 6.20 Å². The first-order chi connectivity index (χ1) is 6.65. The van der Waals surface area contributed by atoms with E-state index in [0.29, 0.717) is 0 Å². The van der Waals surface area contributed by atoms with Gasteiger partial charge in [0.2, 0.25) is 5.91 Å². The molecule has 0 radical (unpaired) electrons. The molecule has 0 aromatic heterocycles. The van der Waals surface area contributed by atoms with Crippen LogP contribution in [-0.4, -0.2) is 18.5 Å². The molecule has 1 saturated carbocycles. The normalized spacial score (nSPS) is 16.3. The van der Waals surface area contributed by atoms with Gasteiger partial charge in [-0.15, -0.1) is 0 Å². The van der Waals surface area contributed by atoms with E-state index in [1.54, 1.807) is 6.92 Å². The SMILES string of the molecule is CCOC(=O)/C(Cl)=C/NC(=O)C1CC1. The molecule has 0 atom stereocenters. The first-order valence-electron chi connectivity index (χ1n) is 4.48. The second-order valence-electron chi connectivity index (χ2n) is 3.00. The molecule has 0 saturated heterocycles. The smallest absolute Gasteiger partial charge is 0.351 e. The Balaban J connectivity index is 2.34. The van der Waals surface area contributed by atoms with Crippen molar-refractivity contribution in [1.29, 1.82) is 0 Å². The maximum Gasteiger partial charge on any atom is 0.351 e. The highest BCUT2D eigenvalue weighted by Crippen LogP contribution is 2.28. The first-order valence-corrected chi connectivity index (χ1v) is 4.86. The van der Waals surface area contributed by atoms with Crippen LogP contribution < -0.4 is 5.32 Å². The van der Waals surface area contributed by atoms with Gasteiger partial charge in [-0.3, -0.25) is 4.79 Å². The molecule has 0 aliphatic heterocycles. The highest BCUT2D eigenvalue weighted by atomic mass is 35.5. The van der Waals surface area contributed by atoms with Crippen LogP contribution in [-0.2, 0) is 14.3 Å². The fraction of sp³-hybridized carbons (Fsp3) is 0.556. The zero-order valence-corrected chi connectivity index (χ0v) is 8.63. The number of nitrogens with one attached hydrogen (secondary N) is 1. The highest BCUT2D eigenvalue weighted by molar-refractivity contribution is 6.41. The summed E-state index contributed by atoms with van der Waals surface area (Å²) >= 11 is 5.55. The summed E-state index contributed by atoms with van der Waals surface area (Å²) in [5, 5.41) is 2.34. The summed E-state index contributed by atoms with van der Waals surface area (Å²) in [6.07, 6.45) is 3.01. The molecule has 0 aromatic rings. The minimum absolute atomic E-state index is 0.0903. The van der Waals surface area contributed by atoms with E-state index in [9.17, 15) is 9.59 Å². The maximum absolute atomic E-state index is 11.1. The Labute approximate surface area is 87.3 Å². The van der Waals surface area contributed by atoms with Gasteiger partial charge in [-0.1, -0.05) is 11.6 Å². The van der Waals surface area contributed by atoms with Crippen LogP contribution in [0.1, 0.15) is 19.8 Å². The third-order valence-electron chi connectivity index (χ3n) is 1.76. The molecule has 1 fully saturated rings. The predicted octanol–water partition coefficient (Wildman–Crippen LogP) is 1.16. The van der Waals surface area contributed by atoms with Gasteiger partial charge in [0, 0.05) is 12.1 Å². The Morgan fingerprint density at radius 2 is 2.21 bits per heavy atom. The van der Waals surface area contributed by atoms with Crippen molar-refractivity contribution in [1.82, 2.24) is 5.32 Å². The highest BCUT2D eigenvalue weighted by Gasteiger charge is 2.29. The summed E-state index contributed by atoms with van der Waals surface area (Å²) in [5.41, 5.74) is 0. The molecule has 0 bridgehead atoms. The summed E-state index contributed by atoms with van der Waals surface area (Å²) < 4.78 is 4.62. The molecule has 0 heterocycles. The van der Waals surface area contributed by atoms with Crippen molar-refractivity contribution in [2.45, 2.75) is 19.8 Å². The van der Waals surface area contributed by atoms with Crippen molar-refractivity contribution in [2.75, 3.05) is 6.61 Å². The quantitative estimate of drug-likeness (QED) is 0.568. The van der Waals surface area contributed by atoms with E-state index in [2.05, 4.69) is 10.1 Å². The Kier molecular flexibility index (Phi) is 3.95. The summed E-state index contributed by atoms with van der Waals surface area (Å²) in [5.74, 6) is -0.615. The number of hydrogen-bond acceptors (Lipinski definition) is 3. The topological polar surface area (TPSA) is 55.4 Å². The number of carbonyl (C=O) groups is 2. The molecule has 1 aliphatic carbocycles. The lowest BCUT2D eigenvalue weighted by molar-refractivity contribution is -0.137. The fourth-order valence-electron chi connectivity index (χ4n) is 0.857. The van der Waals surface area contributed by atoms with Gasteiger partial charge in [0.15, 0.2) is 0 Å². The Morgan fingerprint density at radius 3 is 2.71 bits per heavy atom. The molecule has 1 aliphatic rings. The number of esters is 1. The van der Waals surface area contributed by atoms with Crippen LogP contribution in [0, 0.1) is 5.92 Å². The lowest BCUT2D eigenvalue weighted by Crippen LogP contribution is -2.20. The van der Waals surface area contributed by atoms with Crippen LogP contribution in [0.3, 0.4) is 0 Å². The molecule has 14 heavy (non-hydrogen) atoms. The largest absolute Gasteiger partial charge is 0.462 e. The van der Waals surface area contributed by atoms with Gasteiger partial charge in [-0.25, -0.2) is 4.79 Å². The van der Waals surface area contributed by atoms with Crippen LogP contribution in [0.15, 0.2) is 11.2 Å². The molecule has 1 N–H and O–H groups in total. The standard InChI is InChI=1S/C9H12ClNO3/c1-2-14-9(13)7(10)5-11-8(12)6-3-4-6/h5-6H,2-4H2,1H3,(H,11,12)/b7-5-. The van der Waals surface area contributed by atoms with Crippen molar-refractivity contribution in [2.24, 2.45) is 5.92 Å². The van der Waals surface area contributed by atoms with E-state index in [-0.39, 0.29) is 23.5 Å². The van der Waals surface area contributed by atoms with Crippen LogP contribution in [0.2, 0.25) is 0 Å². The van der Waals surface area contributed by atoms with Crippen LogP contribution >= 0.6 is 11.6 Å². The molecule has 0 spiro atoms. The summed E-state index contributed by atoms with van der Waals surface area (Å²) in [4.78, 5) is 22.1. The predicted molar refractivity (Wildman–Crippen MR) is 51.4 cm³/mol. The van der Waals surface area contributed by atoms with Gasteiger partial charge in [-0.05, 0) is 19.8 Å². The Morgan fingerprint density at radius 1 is 1.57 bits per heavy atom. The van der Waals surface area contributed by atoms with Gasteiger partial charge < -0.3 is 10.1 Å². The second-order valence-corrected chi connectivity index (χ2v) is 3.40. The average molecular weight is 218 g/mol. The van der Waals surface area contributed by atoms with Crippen molar-refractivity contribution >= 4 is 23.5 Å². The monoisotopic (exact) mass is 217 g/mol.